The number of nitriles is 1. The van der Waals surface area contributed by atoms with Crippen LogP contribution in [0, 0.1) is 11.3 Å². The lowest BCUT2D eigenvalue weighted by Crippen LogP contribution is -2.27. The normalized spacial score (nSPS) is 7.33. The Hall–Kier alpha value is -1.61. The fourth-order valence-corrected chi connectivity index (χ4v) is 0.276. The van der Waals surface area contributed by atoms with E-state index in [4.69, 9.17) is 15.5 Å². The quantitative estimate of drug-likeness (QED) is 0.518. The first-order chi connectivity index (χ1) is 5.54. The van der Waals surface area contributed by atoms with E-state index < -0.39 is 11.9 Å². The van der Waals surface area contributed by atoms with Crippen molar-refractivity contribution >= 4 is 11.9 Å². The first kappa shape index (κ1) is 13.0. The third kappa shape index (κ3) is 23.8. The number of rotatable bonds is 4. The minimum Gasteiger partial charge on any atom is -0.480 e. The molecule has 0 saturated heterocycles. The summed E-state index contributed by atoms with van der Waals surface area (Å²) >= 11 is 0. The lowest BCUT2D eigenvalue weighted by Gasteiger charge is -1.93. The molecular weight excluding hydrogens is 164 g/mol. The van der Waals surface area contributed by atoms with Crippen LogP contribution in [0.1, 0.15) is 6.92 Å². The third-order valence-corrected chi connectivity index (χ3v) is 0.552. The number of hydrogen-bond acceptors (Lipinski definition) is 4. The van der Waals surface area contributed by atoms with Crippen LogP contribution in [0.2, 0.25) is 0 Å². The third-order valence-electron chi connectivity index (χ3n) is 0.552. The predicted octanol–water partition coefficient (Wildman–Crippen LogP) is -0.725. The van der Waals surface area contributed by atoms with E-state index in [0.29, 0.717) is 0 Å². The average Bonchev–Trinajstić information content (AvgIpc) is 1.87. The summed E-state index contributed by atoms with van der Waals surface area (Å²) in [7, 11) is 0. The highest BCUT2D eigenvalue weighted by atomic mass is 16.4. The van der Waals surface area contributed by atoms with Gasteiger partial charge in [-0.3, -0.25) is 14.9 Å². The van der Waals surface area contributed by atoms with Crippen LogP contribution in [0.5, 0.6) is 0 Å². The van der Waals surface area contributed by atoms with Crippen molar-refractivity contribution in [3.8, 4) is 6.07 Å². The molecule has 68 valence electrons. The number of nitrogens with one attached hydrogen (secondary N) is 1. The van der Waals surface area contributed by atoms with E-state index in [-0.39, 0.29) is 13.1 Å². The average molecular weight is 174 g/mol. The Bertz CT molecular complexity index is 170. The number of hydrogen-bond donors (Lipinski definition) is 3. The molecule has 0 aliphatic carbocycles. The highest BCUT2D eigenvalue weighted by Gasteiger charge is 1.97. The van der Waals surface area contributed by atoms with Crippen molar-refractivity contribution in [1.29, 1.82) is 5.26 Å². The van der Waals surface area contributed by atoms with E-state index in [0.717, 1.165) is 0 Å². The van der Waals surface area contributed by atoms with Crippen molar-refractivity contribution in [3.05, 3.63) is 0 Å². The largest absolute Gasteiger partial charge is 0.480 e. The fourth-order valence-electron chi connectivity index (χ4n) is 0.276. The van der Waals surface area contributed by atoms with Gasteiger partial charge in [-0.15, -0.1) is 0 Å². The van der Waals surface area contributed by atoms with E-state index in [2.05, 4.69) is 5.32 Å². The summed E-state index contributed by atoms with van der Waals surface area (Å²) in [5.41, 5.74) is 0. The summed E-state index contributed by atoms with van der Waals surface area (Å²) in [6.45, 7) is 0.804. The molecule has 12 heavy (non-hydrogen) atoms. The first-order valence-corrected chi connectivity index (χ1v) is 2.99. The van der Waals surface area contributed by atoms with Gasteiger partial charge in [-0.25, -0.2) is 0 Å². The van der Waals surface area contributed by atoms with Gasteiger partial charge in [-0.2, -0.15) is 5.26 Å². The van der Waals surface area contributed by atoms with Gasteiger partial charge in [0.05, 0.1) is 19.2 Å². The van der Waals surface area contributed by atoms with E-state index in [1.165, 1.54) is 6.92 Å². The molecule has 0 atom stereocenters. The van der Waals surface area contributed by atoms with E-state index in [1.807, 2.05) is 0 Å². The Labute approximate surface area is 69.4 Å². The Balaban J connectivity index is 0. The van der Waals surface area contributed by atoms with Gasteiger partial charge < -0.3 is 10.2 Å². The molecule has 0 rings (SSSR count). The van der Waals surface area contributed by atoms with E-state index in [9.17, 15) is 9.59 Å². The van der Waals surface area contributed by atoms with Crippen LogP contribution in [-0.4, -0.2) is 35.2 Å². The molecular formula is C6H10N2O4. The number of carboxylic acids is 2. The maximum absolute atomic E-state index is 9.73. The number of aliphatic carboxylic acids is 2. The van der Waals surface area contributed by atoms with Gasteiger partial charge in [0.1, 0.15) is 0 Å². The Kier molecular flexibility index (Phi) is 10.2. The highest BCUT2D eigenvalue weighted by molar-refractivity contribution is 5.72. The van der Waals surface area contributed by atoms with Gasteiger partial charge in [-0.05, 0) is 0 Å². The zero-order valence-electron chi connectivity index (χ0n) is 6.57. The molecule has 0 bridgehead atoms. The summed E-state index contributed by atoms with van der Waals surface area (Å²) in [4.78, 5) is 19.5. The summed E-state index contributed by atoms with van der Waals surface area (Å²) in [5.74, 6) is -2.12. The molecule has 0 amide bonds. The standard InChI is InChI=1S/C4H7NO4.C2H3N/c6-3(7)1-5-2-4(8)9;1-2-3/h5H,1-2H2,(H,6,7)(H,8,9);1H3. The lowest BCUT2D eigenvalue weighted by molar-refractivity contribution is -0.137. The number of carbonyl (C=O) groups is 2. The van der Waals surface area contributed by atoms with Gasteiger partial charge in [0.2, 0.25) is 0 Å². The maximum atomic E-state index is 9.73. The van der Waals surface area contributed by atoms with Crippen molar-refractivity contribution < 1.29 is 19.8 Å². The molecule has 0 heterocycles. The highest BCUT2D eigenvalue weighted by Crippen LogP contribution is 1.61. The summed E-state index contributed by atoms with van der Waals surface area (Å²) in [6.07, 6.45) is 0. The predicted molar refractivity (Wildman–Crippen MR) is 39.4 cm³/mol. The minimum absolute atomic E-state index is 0.313. The van der Waals surface area contributed by atoms with Crippen LogP contribution in [0.25, 0.3) is 0 Å². The second-order valence-electron chi connectivity index (χ2n) is 1.61. The van der Waals surface area contributed by atoms with Crippen LogP contribution in [0.15, 0.2) is 0 Å². The molecule has 0 aromatic rings. The molecule has 0 aliphatic rings. The van der Waals surface area contributed by atoms with Crippen molar-refractivity contribution in [2.45, 2.75) is 6.92 Å². The molecule has 0 spiro atoms. The zero-order chi connectivity index (χ0) is 9.98. The van der Waals surface area contributed by atoms with Gasteiger partial charge in [0.25, 0.3) is 0 Å². The SMILES string of the molecule is CC#N.O=C(O)CNCC(=O)O. The number of carboxylic acid groups (broad SMARTS) is 2. The molecule has 0 fully saturated rings. The van der Waals surface area contributed by atoms with Gasteiger partial charge in [-0.1, -0.05) is 0 Å². The van der Waals surface area contributed by atoms with Crippen LogP contribution in [-0.2, 0) is 9.59 Å². The Morgan fingerprint density at radius 1 is 1.33 bits per heavy atom. The topological polar surface area (TPSA) is 110 Å². The van der Waals surface area contributed by atoms with Gasteiger partial charge >= 0.3 is 11.9 Å². The zero-order valence-corrected chi connectivity index (χ0v) is 6.57. The van der Waals surface area contributed by atoms with Crippen molar-refractivity contribution in [2.75, 3.05) is 13.1 Å². The Morgan fingerprint density at radius 3 is 1.75 bits per heavy atom. The molecule has 6 heteroatoms. The van der Waals surface area contributed by atoms with Gasteiger partial charge in [0.15, 0.2) is 0 Å². The second kappa shape index (κ2) is 9.39. The molecule has 3 N–H and O–H groups in total. The van der Waals surface area contributed by atoms with Crippen molar-refractivity contribution in [3.63, 3.8) is 0 Å². The minimum atomic E-state index is -1.06. The van der Waals surface area contributed by atoms with Crippen LogP contribution >= 0.6 is 0 Å². The monoisotopic (exact) mass is 174 g/mol. The summed E-state index contributed by atoms with van der Waals surface area (Å²) in [6, 6.07) is 1.75. The maximum Gasteiger partial charge on any atom is 0.317 e. The molecule has 0 radical (unpaired) electrons. The Morgan fingerprint density at radius 2 is 1.58 bits per heavy atom. The smallest absolute Gasteiger partial charge is 0.317 e. The van der Waals surface area contributed by atoms with Crippen LogP contribution < -0.4 is 5.32 Å². The van der Waals surface area contributed by atoms with Crippen LogP contribution in [0.4, 0.5) is 0 Å². The van der Waals surface area contributed by atoms with E-state index in [1.54, 1.807) is 6.07 Å². The van der Waals surface area contributed by atoms with Crippen LogP contribution in [0.3, 0.4) is 0 Å². The first-order valence-electron chi connectivity index (χ1n) is 2.99. The number of nitrogens with zero attached hydrogens (tertiary/aromatic N) is 1. The van der Waals surface area contributed by atoms with Crippen molar-refractivity contribution in [1.82, 2.24) is 5.32 Å². The second-order valence-corrected chi connectivity index (χ2v) is 1.61. The molecule has 0 aromatic carbocycles. The lowest BCUT2D eigenvalue weighted by atomic mass is 10.6. The molecule has 6 nitrogen and oxygen atoms in total. The summed E-state index contributed by atoms with van der Waals surface area (Å²) in [5, 5.41) is 25.4. The van der Waals surface area contributed by atoms with Gasteiger partial charge in [0, 0.05) is 6.92 Å². The molecule has 0 aromatic heterocycles. The summed E-state index contributed by atoms with van der Waals surface area (Å²) < 4.78 is 0. The molecule has 0 unspecified atom stereocenters. The molecule has 0 aliphatic heterocycles. The van der Waals surface area contributed by atoms with E-state index >= 15 is 0 Å². The fraction of sp³-hybridized carbons (Fsp3) is 0.500. The molecule has 0 saturated carbocycles. The van der Waals surface area contributed by atoms with Crippen molar-refractivity contribution in [2.24, 2.45) is 0 Å².